The van der Waals surface area contributed by atoms with Crippen LogP contribution in [0.2, 0.25) is 5.02 Å². The van der Waals surface area contributed by atoms with Crippen molar-refractivity contribution in [1.29, 1.82) is 0 Å². The zero-order chi connectivity index (χ0) is 26.3. The van der Waals surface area contributed by atoms with E-state index in [4.69, 9.17) is 21.1 Å². The summed E-state index contributed by atoms with van der Waals surface area (Å²) in [5, 5.41) is 7.16. The Morgan fingerprint density at radius 3 is 2.17 bits per heavy atom. The van der Waals surface area contributed by atoms with Crippen LogP contribution in [0, 0.1) is 5.41 Å². The van der Waals surface area contributed by atoms with Gasteiger partial charge in [0.2, 0.25) is 5.91 Å². The summed E-state index contributed by atoms with van der Waals surface area (Å²) >= 11 is 6.09. The van der Waals surface area contributed by atoms with E-state index in [2.05, 4.69) is 15.8 Å². The van der Waals surface area contributed by atoms with Crippen LogP contribution in [0.3, 0.4) is 0 Å². The van der Waals surface area contributed by atoms with Crippen LogP contribution in [-0.2, 0) is 4.79 Å². The number of carbonyl (C=O) groups excluding carboxylic acids is 3. The smallest absolute Gasteiger partial charge is 0.343 e. The van der Waals surface area contributed by atoms with Crippen molar-refractivity contribution in [2.24, 2.45) is 10.5 Å². The summed E-state index contributed by atoms with van der Waals surface area (Å²) in [6, 6.07) is 17.6. The summed E-state index contributed by atoms with van der Waals surface area (Å²) in [5.41, 5.74) is 3.54. The molecule has 0 aliphatic rings. The largest absolute Gasteiger partial charge is 0.497 e. The molecule has 3 rings (SSSR count). The molecule has 0 heterocycles. The normalized spacial score (nSPS) is 11.1. The van der Waals surface area contributed by atoms with E-state index in [1.807, 2.05) is 20.8 Å². The second kappa shape index (κ2) is 11.5. The van der Waals surface area contributed by atoms with Gasteiger partial charge in [0.25, 0.3) is 5.91 Å². The Hall–Kier alpha value is -4.17. The molecule has 0 fully saturated rings. The van der Waals surface area contributed by atoms with E-state index in [0.717, 1.165) is 0 Å². The van der Waals surface area contributed by atoms with Crippen LogP contribution < -0.4 is 20.2 Å². The van der Waals surface area contributed by atoms with E-state index in [-0.39, 0.29) is 11.7 Å². The molecule has 2 amide bonds. The summed E-state index contributed by atoms with van der Waals surface area (Å²) in [6.45, 7) is 5.44. The molecule has 0 aliphatic carbocycles. The molecule has 0 aliphatic heterocycles. The molecule has 0 aromatic heterocycles. The summed E-state index contributed by atoms with van der Waals surface area (Å²) in [5.74, 6) is -0.326. The highest BCUT2D eigenvalue weighted by atomic mass is 35.5. The number of ether oxygens (including phenoxy) is 2. The molecule has 0 spiro atoms. The first-order valence-electron chi connectivity index (χ1n) is 11.0. The Morgan fingerprint density at radius 1 is 0.917 bits per heavy atom. The second-order valence-electron chi connectivity index (χ2n) is 8.78. The lowest BCUT2D eigenvalue weighted by Crippen LogP contribution is -2.27. The molecule has 3 aromatic carbocycles. The molecule has 9 heteroatoms. The van der Waals surface area contributed by atoms with Crippen molar-refractivity contribution in [3.63, 3.8) is 0 Å². The van der Waals surface area contributed by atoms with Crippen molar-refractivity contribution in [2.45, 2.75) is 20.8 Å². The van der Waals surface area contributed by atoms with E-state index in [9.17, 15) is 14.4 Å². The van der Waals surface area contributed by atoms with E-state index in [0.29, 0.717) is 33.1 Å². The zero-order valence-corrected chi connectivity index (χ0v) is 21.1. The molecule has 0 saturated carbocycles. The lowest BCUT2D eigenvalue weighted by atomic mass is 9.95. The third kappa shape index (κ3) is 7.16. The van der Waals surface area contributed by atoms with Gasteiger partial charge < -0.3 is 14.8 Å². The maximum absolute atomic E-state index is 12.5. The summed E-state index contributed by atoms with van der Waals surface area (Å²) in [7, 11) is 1.54. The Morgan fingerprint density at radius 2 is 1.56 bits per heavy atom. The van der Waals surface area contributed by atoms with Gasteiger partial charge in [-0.1, -0.05) is 32.4 Å². The SMILES string of the molecule is COc1ccc(C(=O)Oc2ccc(Cl)cc2/C=N/NC(=O)c2ccc(NC(=O)C(C)(C)C)cc2)cc1. The van der Waals surface area contributed by atoms with E-state index < -0.39 is 17.3 Å². The minimum atomic E-state index is -0.572. The third-order valence-corrected chi connectivity index (χ3v) is 5.19. The van der Waals surface area contributed by atoms with Crippen LogP contribution >= 0.6 is 11.6 Å². The second-order valence-corrected chi connectivity index (χ2v) is 9.22. The summed E-state index contributed by atoms with van der Waals surface area (Å²) in [4.78, 5) is 37.1. The summed E-state index contributed by atoms with van der Waals surface area (Å²) in [6.07, 6.45) is 1.33. The highest BCUT2D eigenvalue weighted by Gasteiger charge is 2.21. The van der Waals surface area contributed by atoms with Gasteiger partial charge in [-0.15, -0.1) is 0 Å². The van der Waals surface area contributed by atoms with E-state index in [1.165, 1.54) is 19.4 Å². The fraction of sp³-hybridized carbons (Fsp3) is 0.185. The van der Waals surface area contributed by atoms with Crippen LogP contribution in [0.25, 0.3) is 0 Å². The Kier molecular flexibility index (Phi) is 8.45. The van der Waals surface area contributed by atoms with Gasteiger partial charge in [0, 0.05) is 27.3 Å². The number of halogens is 1. The summed E-state index contributed by atoms with van der Waals surface area (Å²) < 4.78 is 10.6. The minimum Gasteiger partial charge on any atom is -0.497 e. The van der Waals surface area contributed by atoms with E-state index >= 15 is 0 Å². The Bertz CT molecular complexity index is 1280. The first-order chi connectivity index (χ1) is 17.1. The van der Waals surface area contributed by atoms with Gasteiger partial charge in [0.15, 0.2) is 0 Å². The number of rotatable bonds is 7. The first-order valence-corrected chi connectivity index (χ1v) is 11.4. The number of carbonyl (C=O) groups is 3. The number of esters is 1. The van der Waals surface area contributed by atoms with Gasteiger partial charge in [-0.05, 0) is 66.7 Å². The molecular weight excluding hydrogens is 482 g/mol. The van der Waals surface area contributed by atoms with Gasteiger partial charge >= 0.3 is 5.97 Å². The molecule has 0 unspecified atom stereocenters. The number of nitrogens with zero attached hydrogens (tertiary/aromatic N) is 1. The quantitative estimate of drug-likeness (QED) is 0.195. The topological polar surface area (TPSA) is 106 Å². The molecule has 3 aromatic rings. The fourth-order valence-corrected chi connectivity index (χ4v) is 3.03. The Labute approximate surface area is 214 Å². The van der Waals surface area contributed by atoms with Crippen LogP contribution in [-0.4, -0.2) is 31.1 Å². The van der Waals surface area contributed by atoms with Gasteiger partial charge in [0.1, 0.15) is 11.5 Å². The molecule has 0 radical (unpaired) electrons. The average Bonchev–Trinajstić information content (AvgIpc) is 2.85. The van der Waals surface area contributed by atoms with Crippen molar-refractivity contribution in [3.8, 4) is 11.5 Å². The first kappa shape index (κ1) is 26.4. The minimum absolute atomic E-state index is 0.130. The third-order valence-electron chi connectivity index (χ3n) is 4.96. The number of methoxy groups -OCH3 is 1. The van der Waals surface area contributed by atoms with Crippen LogP contribution in [0.1, 0.15) is 47.1 Å². The lowest BCUT2D eigenvalue weighted by molar-refractivity contribution is -0.123. The predicted octanol–water partition coefficient (Wildman–Crippen LogP) is 5.32. The molecule has 0 saturated heterocycles. The van der Waals surface area contributed by atoms with E-state index in [1.54, 1.807) is 60.7 Å². The number of hydrogen-bond acceptors (Lipinski definition) is 6. The number of amides is 2. The molecule has 186 valence electrons. The average molecular weight is 508 g/mol. The molecule has 8 nitrogen and oxygen atoms in total. The molecule has 0 bridgehead atoms. The van der Waals surface area contributed by atoms with Crippen molar-refractivity contribution in [1.82, 2.24) is 5.43 Å². The molecule has 2 N–H and O–H groups in total. The fourth-order valence-electron chi connectivity index (χ4n) is 2.85. The molecular formula is C27H26ClN3O5. The van der Waals surface area contributed by atoms with Crippen molar-refractivity contribution in [3.05, 3.63) is 88.4 Å². The zero-order valence-electron chi connectivity index (χ0n) is 20.3. The monoisotopic (exact) mass is 507 g/mol. The van der Waals surface area contributed by atoms with Gasteiger partial charge in [-0.2, -0.15) is 5.10 Å². The van der Waals surface area contributed by atoms with Crippen LogP contribution in [0.15, 0.2) is 71.8 Å². The molecule has 36 heavy (non-hydrogen) atoms. The number of anilines is 1. The van der Waals surface area contributed by atoms with Gasteiger partial charge in [0.05, 0.1) is 18.9 Å². The van der Waals surface area contributed by atoms with Crippen molar-refractivity contribution >= 4 is 41.3 Å². The number of benzene rings is 3. The van der Waals surface area contributed by atoms with Crippen molar-refractivity contribution < 1.29 is 23.9 Å². The number of hydrazone groups is 1. The Balaban J connectivity index is 1.66. The standard InChI is InChI=1S/C27H26ClN3O5/c1-27(2,3)26(34)30-21-10-5-17(6-11-21)24(32)31-29-16-19-15-20(28)9-14-23(19)36-25(33)18-7-12-22(35-4)13-8-18/h5-16H,1-4H3,(H,30,34)(H,31,32)/b29-16+. The van der Waals surface area contributed by atoms with Crippen LogP contribution in [0.4, 0.5) is 5.69 Å². The molecule has 0 atom stereocenters. The van der Waals surface area contributed by atoms with Crippen molar-refractivity contribution in [2.75, 3.05) is 12.4 Å². The highest BCUT2D eigenvalue weighted by Crippen LogP contribution is 2.23. The highest BCUT2D eigenvalue weighted by molar-refractivity contribution is 6.31. The maximum atomic E-state index is 12.5. The lowest BCUT2D eigenvalue weighted by Gasteiger charge is -2.17. The van der Waals surface area contributed by atoms with Crippen LogP contribution in [0.5, 0.6) is 11.5 Å². The predicted molar refractivity (Wildman–Crippen MR) is 139 cm³/mol. The maximum Gasteiger partial charge on any atom is 0.343 e. The van der Waals surface area contributed by atoms with Gasteiger partial charge in [-0.25, -0.2) is 10.2 Å². The van der Waals surface area contributed by atoms with Gasteiger partial charge in [-0.3, -0.25) is 9.59 Å². The number of nitrogens with one attached hydrogen (secondary N) is 2. The number of hydrogen-bond donors (Lipinski definition) is 2.